The number of nitrogens with zero attached hydrogens (tertiary/aromatic N) is 1. The largest absolute Gasteiger partial charge is 0.326 e. The lowest BCUT2D eigenvalue weighted by atomic mass is 10.3. The van der Waals surface area contributed by atoms with Crippen molar-refractivity contribution in [2.24, 2.45) is 5.73 Å². The zero-order chi connectivity index (χ0) is 13.8. The number of hydrogen-bond acceptors (Lipinski definition) is 4. The molecule has 0 aliphatic rings. The second kappa shape index (κ2) is 6.14. The number of halogens is 1. The standard InChI is InChI=1S/C13H14ClN3OS/c1-8(15)13-17-11(7-19-13)6-12(18)16-10-4-2-3-9(14)5-10/h2-5,7-8H,6,15H2,1H3,(H,16,18). The highest BCUT2D eigenvalue weighted by Crippen LogP contribution is 2.18. The molecule has 1 heterocycles. The first kappa shape index (κ1) is 14.0. The van der Waals surface area contributed by atoms with Gasteiger partial charge < -0.3 is 11.1 Å². The Hall–Kier alpha value is -1.43. The number of carbonyl (C=O) groups excluding carboxylic acids is 1. The molecule has 0 saturated heterocycles. The molecule has 100 valence electrons. The van der Waals surface area contributed by atoms with Crippen LogP contribution in [0.25, 0.3) is 0 Å². The highest BCUT2D eigenvalue weighted by Gasteiger charge is 2.10. The summed E-state index contributed by atoms with van der Waals surface area (Å²) in [7, 11) is 0. The number of nitrogens with two attached hydrogens (primary N) is 1. The van der Waals surface area contributed by atoms with Gasteiger partial charge in [0.1, 0.15) is 5.01 Å². The highest BCUT2D eigenvalue weighted by molar-refractivity contribution is 7.09. The van der Waals surface area contributed by atoms with Crippen molar-refractivity contribution in [3.63, 3.8) is 0 Å². The van der Waals surface area contributed by atoms with Crippen molar-refractivity contribution in [1.82, 2.24) is 4.98 Å². The normalized spacial score (nSPS) is 12.2. The van der Waals surface area contributed by atoms with Crippen LogP contribution in [0.5, 0.6) is 0 Å². The summed E-state index contributed by atoms with van der Waals surface area (Å²) in [6.45, 7) is 1.87. The topological polar surface area (TPSA) is 68.0 Å². The number of rotatable bonds is 4. The van der Waals surface area contributed by atoms with Gasteiger partial charge in [0.15, 0.2) is 0 Å². The van der Waals surface area contributed by atoms with Gasteiger partial charge in [-0.1, -0.05) is 17.7 Å². The molecule has 0 bridgehead atoms. The third-order valence-electron chi connectivity index (χ3n) is 2.41. The lowest BCUT2D eigenvalue weighted by molar-refractivity contribution is -0.115. The summed E-state index contributed by atoms with van der Waals surface area (Å²) in [6, 6.07) is 6.93. The minimum Gasteiger partial charge on any atom is -0.326 e. The first-order valence-corrected chi connectivity index (χ1v) is 7.05. The van der Waals surface area contributed by atoms with E-state index in [1.165, 1.54) is 11.3 Å². The fourth-order valence-corrected chi connectivity index (χ4v) is 2.52. The van der Waals surface area contributed by atoms with E-state index in [1.54, 1.807) is 24.3 Å². The van der Waals surface area contributed by atoms with Crippen molar-refractivity contribution in [3.05, 3.63) is 45.4 Å². The molecule has 1 amide bonds. The molecule has 6 heteroatoms. The van der Waals surface area contributed by atoms with E-state index in [1.807, 2.05) is 12.3 Å². The van der Waals surface area contributed by atoms with E-state index in [0.717, 1.165) is 10.7 Å². The van der Waals surface area contributed by atoms with Crippen LogP contribution in [-0.4, -0.2) is 10.9 Å². The minimum absolute atomic E-state index is 0.102. The van der Waals surface area contributed by atoms with Gasteiger partial charge in [0.2, 0.25) is 5.91 Å². The number of nitrogens with one attached hydrogen (secondary N) is 1. The lowest BCUT2D eigenvalue weighted by Crippen LogP contribution is -2.14. The second-order valence-corrected chi connectivity index (χ2v) is 5.53. The maximum atomic E-state index is 11.9. The molecule has 0 fully saturated rings. The molecule has 2 aromatic rings. The minimum atomic E-state index is -0.121. The summed E-state index contributed by atoms with van der Waals surface area (Å²) in [5.74, 6) is -0.121. The van der Waals surface area contributed by atoms with Crippen LogP contribution in [0.1, 0.15) is 23.7 Å². The SMILES string of the molecule is CC(N)c1nc(CC(=O)Nc2cccc(Cl)c2)cs1. The first-order chi connectivity index (χ1) is 9.04. The maximum Gasteiger partial charge on any atom is 0.230 e. The third kappa shape index (κ3) is 4.02. The van der Waals surface area contributed by atoms with Crippen LogP contribution in [0.3, 0.4) is 0 Å². The average molecular weight is 296 g/mol. The summed E-state index contributed by atoms with van der Waals surface area (Å²) in [5.41, 5.74) is 7.14. The van der Waals surface area contributed by atoms with Crippen LogP contribution in [-0.2, 0) is 11.2 Å². The van der Waals surface area contributed by atoms with Gasteiger partial charge in [0, 0.05) is 16.1 Å². The molecule has 3 N–H and O–H groups in total. The van der Waals surface area contributed by atoms with E-state index in [9.17, 15) is 4.79 Å². The summed E-state index contributed by atoms with van der Waals surface area (Å²) >= 11 is 7.32. The van der Waals surface area contributed by atoms with Crippen LogP contribution in [0.15, 0.2) is 29.6 Å². The Labute approximate surface area is 120 Å². The summed E-state index contributed by atoms with van der Waals surface area (Å²) in [4.78, 5) is 16.2. The molecule has 4 nitrogen and oxygen atoms in total. The Balaban J connectivity index is 1.97. The molecule has 1 aromatic heterocycles. The van der Waals surface area contributed by atoms with E-state index >= 15 is 0 Å². The quantitative estimate of drug-likeness (QED) is 0.911. The van der Waals surface area contributed by atoms with Gasteiger partial charge in [-0.3, -0.25) is 4.79 Å². The zero-order valence-electron chi connectivity index (χ0n) is 10.4. The fourth-order valence-electron chi connectivity index (χ4n) is 1.55. The molecule has 0 spiro atoms. The van der Waals surface area contributed by atoms with Crippen LogP contribution in [0.2, 0.25) is 5.02 Å². The molecule has 0 radical (unpaired) electrons. The predicted molar refractivity (Wildman–Crippen MR) is 78.5 cm³/mol. The summed E-state index contributed by atoms with van der Waals surface area (Å²) in [5, 5.41) is 6.06. The summed E-state index contributed by atoms with van der Waals surface area (Å²) in [6.07, 6.45) is 0.232. The molecular formula is C13H14ClN3OS. The molecule has 0 saturated carbocycles. The van der Waals surface area contributed by atoms with Gasteiger partial charge in [-0.25, -0.2) is 4.98 Å². The second-order valence-electron chi connectivity index (χ2n) is 4.20. The van der Waals surface area contributed by atoms with E-state index in [4.69, 9.17) is 17.3 Å². The fraction of sp³-hybridized carbons (Fsp3) is 0.231. The predicted octanol–water partition coefficient (Wildman–Crippen LogP) is 3.00. The van der Waals surface area contributed by atoms with Gasteiger partial charge in [0.25, 0.3) is 0 Å². The Kier molecular flexibility index (Phi) is 4.52. The number of thiazole rings is 1. The zero-order valence-corrected chi connectivity index (χ0v) is 12.0. The average Bonchev–Trinajstić information content (AvgIpc) is 2.77. The Bertz CT molecular complexity index is 583. The number of benzene rings is 1. The smallest absolute Gasteiger partial charge is 0.230 e. The Morgan fingerprint density at radius 3 is 3.00 bits per heavy atom. The molecule has 2 rings (SSSR count). The van der Waals surface area contributed by atoms with Crippen LogP contribution >= 0.6 is 22.9 Å². The van der Waals surface area contributed by atoms with Gasteiger partial charge in [-0.15, -0.1) is 11.3 Å². The number of amides is 1. The van der Waals surface area contributed by atoms with E-state index in [0.29, 0.717) is 10.7 Å². The number of aromatic nitrogens is 1. The van der Waals surface area contributed by atoms with Crippen molar-refractivity contribution in [2.75, 3.05) is 5.32 Å². The molecule has 1 aromatic carbocycles. The van der Waals surface area contributed by atoms with Gasteiger partial charge in [0.05, 0.1) is 18.2 Å². The third-order valence-corrected chi connectivity index (χ3v) is 3.74. The molecule has 0 aliphatic heterocycles. The maximum absolute atomic E-state index is 11.9. The van der Waals surface area contributed by atoms with Crippen LogP contribution < -0.4 is 11.1 Å². The molecule has 1 atom stereocenters. The van der Waals surface area contributed by atoms with Crippen LogP contribution in [0, 0.1) is 0 Å². The molecular weight excluding hydrogens is 282 g/mol. The van der Waals surface area contributed by atoms with E-state index < -0.39 is 0 Å². The Morgan fingerprint density at radius 1 is 1.58 bits per heavy atom. The monoisotopic (exact) mass is 295 g/mol. The molecule has 19 heavy (non-hydrogen) atoms. The van der Waals surface area contributed by atoms with Crippen LogP contribution in [0.4, 0.5) is 5.69 Å². The summed E-state index contributed by atoms with van der Waals surface area (Å²) < 4.78 is 0. The molecule has 1 unspecified atom stereocenters. The number of anilines is 1. The first-order valence-electron chi connectivity index (χ1n) is 5.80. The highest BCUT2D eigenvalue weighted by atomic mass is 35.5. The van der Waals surface area contributed by atoms with Crippen molar-refractivity contribution >= 4 is 34.5 Å². The molecule has 0 aliphatic carbocycles. The van der Waals surface area contributed by atoms with E-state index in [2.05, 4.69) is 10.3 Å². The van der Waals surface area contributed by atoms with Gasteiger partial charge in [-0.2, -0.15) is 0 Å². The lowest BCUT2D eigenvalue weighted by Gasteiger charge is -2.04. The van der Waals surface area contributed by atoms with Gasteiger partial charge >= 0.3 is 0 Å². The van der Waals surface area contributed by atoms with Crippen molar-refractivity contribution < 1.29 is 4.79 Å². The Morgan fingerprint density at radius 2 is 2.37 bits per heavy atom. The number of hydrogen-bond donors (Lipinski definition) is 2. The van der Waals surface area contributed by atoms with Crippen molar-refractivity contribution in [2.45, 2.75) is 19.4 Å². The van der Waals surface area contributed by atoms with Crippen molar-refractivity contribution in [1.29, 1.82) is 0 Å². The van der Waals surface area contributed by atoms with Crippen molar-refractivity contribution in [3.8, 4) is 0 Å². The van der Waals surface area contributed by atoms with Gasteiger partial charge in [-0.05, 0) is 25.1 Å². The van der Waals surface area contributed by atoms with E-state index in [-0.39, 0.29) is 18.4 Å². The number of carbonyl (C=O) groups is 1.